The second-order valence-electron chi connectivity index (χ2n) is 7.58. The number of fused-ring (bicyclic) bond motifs is 1. The second-order valence-corrected chi connectivity index (χ2v) is 7.58. The zero-order valence-corrected chi connectivity index (χ0v) is 30.3. The van der Waals surface area contributed by atoms with E-state index < -0.39 is 0 Å². The first-order valence-electron chi connectivity index (χ1n) is 13.2. The Morgan fingerprint density at radius 2 is 0.824 bits per heavy atom. The molecular formula is C32H71NZr. The van der Waals surface area contributed by atoms with Crippen LogP contribution < -0.4 is 0 Å². The van der Waals surface area contributed by atoms with Crippen LogP contribution in [0.15, 0.2) is 22.3 Å². The summed E-state index contributed by atoms with van der Waals surface area (Å²) >= 11 is 0. The maximum absolute atomic E-state index is 3.50. The van der Waals surface area contributed by atoms with Crippen molar-refractivity contribution in [2.75, 3.05) is 14.1 Å². The first-order valence-corrected chi connectivity index (χ1v) is 13.2. The molecule has 1 fully saturated rings. The fourth-order valence-corrected chi connectivity index (χ4v) is 4.43. The van der Waals surface area contributed by atoms with Gasteiger partial charge < -0.3 is 27.6 Å². The Bertz CT molecular complexity index is 411. The molecule has 1 nitrogen and oxygen atoms in total. The number of allylic oxidation sites excluding steroid dienone is 4. The minimum Gasteiger partial charge on any atom is -0.668 e. The van der Waals surface area contributed by atoms with Gasteiger partial charge in [0.05, 0.1) is 0 Å². The summed E-state index contributed by atoms with van der Waals surface area (Å²) in [6, 6.07) is 0. The molecule has 0 spiro atoms. The molecule has 0 aliphatic heterocycles. The Labute approximate surface area is 242 Å². The van der Waals surface area contributed by atoms with Crippen molar-refractivity contribution in [3.05, 3.63) is 49.9 Å². The summed E-state index contributed by atoms with van der Waals surface area (Å²) in [5, 5.41) is 3.50. The molecule has 2 unspecified atom stereocenters. The zero-order valence-electron chi connectivity index (χ0n) is 27.8. The molecular weight excluding hydrogens is 490 g/mol. The van der Waals surface area contributed by atoms with E-state index >= 15 is 0 Å². The maximum Gasteiger partial charge on any atom is 4.00 e. The molecule has 0 saturated heterocycles. The van der Waals surface area contributed by atoms with Gasteiger partial charge in [0.15, 0.2) is 0 Å². The zero-order chi connectivity index (χ0) is 24.9. The molecule has 0 radical (unpaired) electrons. The van der Waals surface area contributed by atoms with Crippen LogP contribution in [-0.2, 0) is 26.2 Å². The number of nitrogens with zero attached hydrogens (tertiary/aromatic N) is 1. The predicted molar refractivity (Wildman–Crippen MR) is 165 cm³/mol. The Kier molecular flexibility index (Phi) is 61.3. The Morgan fingerprint density at radius 1 is 0.559 bits per heavy atom. The van der Waals surface area contributed by atoms with E-state index in [1.807, 2.05) is 55.4 Å². The van der Waals surface area contributed by atoms with Crippen LogP contribution in [0.2, 0.25) is 0 Å². The molecule has 0 aromatic carbocycles. The molecule has 0 N–H and O–H groups in total. The molecule has 2 heteroatoms. The molecule has 3 rings (SSSR count). The smallest absolute Gasteiger partial charge is 0.668 e. The largest absolute Gasteiger partial charge is 4.00 e. The molecule has 0 aromatic rings. The van der Waals surface area contributed by atoms with E-state index in [1.54, 1.807) is 36.4 Å². The molecule has 3 aliphatic rings. The second kappa shape index (κ2) is 37.9. The van der Waals surface area contributed by atoms with Crippen molar-refractivity contribution in [2.45, 2.75) is 129 Å². The third-order valence-corrected chi connectivity index (χ3v) is 6.26. The van der Waals surface area contributed by atoms with Gasteiger partial charge in [-0.2, -0.15) is 14.1 Å². The Hall–Kier alpha value is 0.323. The van der Waals surface area contributed by atoms with Gasteiger partial charge in [-0.05, 0) is 55.6 Å². The summed E-state index contributed by atoms with van der Waals surface area (Å²) in [5.74, 6) is 3.23. The van der Waals surface area contributed by atoms with E-state index in [9.17, 15) is 0 Å². The maximum atomic E-state index is 3.50. The van der Waals surface area contributed by atoms with E-state index in [0.29, 0.717) is 0 Å². The van der Waals surface area contributed by atoms with Gasteiger partial charge in [-0.3, -0.25) is 0 Å². The molecule has 3 aliphatic carbocycles. The summed E-state index contributed by atoms with van der Waals surface area (Å²) < 4.78 is 0. The predicted octanol–water partition coefficient (Wildman–Crippen LogP) is 12.2. The molecule has 0 amide bonds. The van der Waals surface area contributed by atoms with Crippen LogP contribution in [0.1, 0.15) is 129 Å². The average molecular weight is 561 g/mol. The minimum absolute atomic E-state index is 0. The van der Waals surface area contributed by atoms with Gasteiger partial charge in [-0.15, -0.1) is 0 Å². The van der Waals surface area contributed by atoms with Crippen molar-refractivity contribution < 1.29 is 26.2 Å². The van der Waals surface area contributed by atoms with Gasteiger partial charge in [0.25, 0.3) is 0 Å². The summed E-state index contributed by atoms with van der Waals surface area (Å²) in [4.78, 5) is 0. The van der Waals surface area contributed by atoms with E-state index in [-0.39, 0.29) is 48.5 Å². The van der Waals surface area contributed by atoms with E-state index in [1.165, 1.54) is 32.1 Å². The van der Waals surface area contributed by atoms with Crippen LogP contribution in [0.25, 0.3) is 5.32 Å². The molecule has 208 valence electrons. The van der Waals surface area contributed by atoms with Crippen molar-refractivity contribution in [1.82, 2.24) is 0 Å². The van der Waals surface area contributed by atoms with Gasteiger partial charge in [0.2, 0.25) is 0 Å². The Morgan fingerprint density at radius 3 is 1.06 bits per heavy atom. The van der Waals surface area contributed by atoms with Crippen molar-refractivity contribution in [3.63, 3.8) is 0 Å². The number of hydrogen-bond acceptors (Lipinski definition) is 0. The monoisotopic (exact) mass is 559 g/mol. The van der Waals surface area contributed by atoms with Crippen LogP contribution in [0.4, 0.5) is 0 Å². The van der Waals surface area contributed by atoms with Gasteiger partial charge in [0, 0.05) is 0 Å². The SMILES string of the molecule is C1CCCC1.CC.CC.CC.CC.CC1=C(C)[C@H](C)C2C1=C(C)C(C)[C@H]2C.C[N-]C.[CH3-].[CH3-].[CH3-].[Zr+4]. The summed E-state index contributed by atoms with van der Waals surface area (Å²) in [7, 11) is 3.50. The standard InChI is InChI=1S/C14H22.C5H10.C2H6N.4C2H6.3CH3.Zr/c1-7-9(3)13-11(5)8(2)12(6)14(13)10(7)4;1-2-4-5-3-1;1-3-2;4*1-2;;;;/h7,9,11,13H,1-6H3;1-5H2;1-2H3;4*1-2H3;3*1H3;/q;;-1;;;;;3*-1;+4/t7?,9-,11+,13?;;;;;;;;;;/m1........../s1. The van der Waals surface area contributed by atoms with Crippen LogP contribution in [0, 0.1) is 46.0 Å². The third kappa shape index (κ3) is 18.6. The first-order chi connectivity index (χ1) is 14.4. The van der Waals surface area contributed by atoms with Crippen molar-refractivity contribution in [1.29, 1.82) is 0 Å². The van der Waals surface area contributed by atoms with E-state index in [4.69, 9.17) is 0 Å². The molecule has 34 heavy (non-hydrogen) atoms. The van der Waals surface area contributed by atoms with Crippen molar-refractivity contribution in [2.24, 2.45) is 23.7 Å². The fraction of sp³-hybridized carbons (Fsp3) is 0.781. The summed E-state index contributed by atoms with van der Waals surface area (Å²) in [6.45, 7) is 30.2. The quantitative estimate of drug-likeness (QED) is 0.261. The Balaban J connectivity index is -0.0000000482. The van der Waals surface area contributed by atoms with Gasteiger partial charge >= 0.3 is 26.2 Å². The topological polar surface area (TPSA) is 14.1 Å². The molecule has 0 heterocycles. The number of rotatable bonds is 0. The van der Waals surface area contributed by atoms with Crippen molar-refractivity contribution >= 4 is 0 Å². The van der Waals surface area contributed by atoms with Gasteiger partial charge in [-0.25, -0.2) is 0 Å². The summed E-state index contributed by atoms with van der Waals surface area (Å²) in [6.07, 6.45) is 7.50. The van der Waals surface area contributed by atoms with Crippen molar-refractivity contribution in [3.8, 4) is 0 Å². The normalized spacial score (nSPS) is 22.2. The van der Waals surface area contributed by atoms with Gasteiger partial charge in [0.1, 0.15) is 0 Å². The van der Waals surface area contributed by atoms with Gasteiger partial charge in [-0.1, -0.05) is 119 Å². The van der Waals surface area contributed by atoms with E-state index in [2.05, 4.69) is 46.9 Å². The van der Waals surface area contributed by atoms with E-state index in [0.717, 1.165) is 23.7 Å². The third-order valence-electron chi connectivity index (χ3n) is 6.26. The molecule has 1 saturated carbocycles. The van der Waals surface area contributed by atoms with Crippen LogP contribution in [-0.4, -0.2) is 14.1 Å². The summed E-state index contributed by atoms with van der Waals surface area (Å²) in [5.41, 5.74) is 6.58. The molecule has 0 bridgehead atoms. The first kappa shape index (κ1) is 55.0. The fourth-order valence-electron chi connectivity index (χ4n) is 4.43. The van der Waals surface area contributed by atoms with Crippen LogP contribution in [0.3, 0.4) is 0 Å². The van der Waals surface area contributed by atoms with Crippen LogP contribution in [0.5, 0.6) is 0 Å². The number of hydrogen-bond donors (Lipinski definition) is 0. The minimum atomic E-state index is 0. The average Bonchev–Trinajstić information content (AvgIpc) is 3.51. The molecule has 0 aromatic heterocycles. The van der Waals surface area contributed by atoms with Crippen LogP contribution >= 0.6 is 0 Å². The molecule has 4 atom stereocenters.